The van der Waals surface area contributed by atoms with Gasteiger partial charge < -0.3 is 15.1 Å². The van der Waals surface area contributed by atoms with Crippen molar-refractivity contribution >= 4 is 5.91 Å². The van der Waals surface area contributed by atoms with E-state index in [4.69, 9.17) is 0 Å². The monoisotopic (exact) mass is 253 g/mol. The van der Waals surface area contributed by atoms with E-state index >= 15 is 0 Å². The number of carbonyl (C=O) groups excluding carboxylic acids is 1. The lowest BCUT2D eigenvalue weighted by Gasteiger charge is -2.39. The number of hydrogen-bond donors (Lipinski definition) is 1. The van der Waals surface area contributed by atoms with E-state index in [1.165, 1.54) is 19.4 Å². The summed E-state index contributed by atoms with van der Waals surface area (Å²) in [4.78, 5) is 16.7. The molecule has 0 spiro atoms. The largest absolute Gasteiger partial charge is 0.340 e. The van der Waals surface area contributed by atoms with E-state index < -0.39 is 0 Å². The zero-order valence-corrected chi connectivity index (χ0v) is 12.0. The van der Waals surface area contributed by atoms with Crippen molar-refractivity contribution in [1.29, 1.82) is 0 Å². The van der Waals surface area contributed by atoms with E-state index in [1.54, 1.807) is 0 Å². The molecule has 0 saturated carbocycles. The predicted molar refractivity (Wildman–Crippen MR) is 73.5 cm³/mol. The quantitative estimate of drug-likeness (QED) is 0.812. The van der Waals surface area contributed by atoms with Gasteiger partial charge in [0.05, 0.1) is 6.04 Å². The third-order valence-corrected chi connectivity index (χ3v) is 4.27. The lowest BCUT2D eigenvalue weighted by atomic mass is 9.96. The van der Waals surface area contributed by atoms with Crippen LogP contribution in [-0.4, -0.2) is 60.5 Å². The molecule has 0 radical (unpaired) electrons. The van der Waals surface area contributed by atoms with Gasteiger partial charge in [0.25, 0.3) is 0 Å². The number of hydrogen-bond acceptors (Lipinski definition) is 3. The Morgan fingerprint density at radius 1 is 1.39 bits per heavy atom. The Morgan fingerprint density at radius 2 is 2.17 bits per heavy atom. The first-order valence-corrected chi connectivity index (χ1v) is 7.34. The number of amides is 1. The first-order chi connectivity index (χ1) is 8.58. The molecule has 2 fully saturated rings. The van der Waals surface area contributed by atoms with Crippen molar-refractivity contribution in [3.63, 3.8) is 0 Å². The molecule has 2 heterocycles. The molecule has 104 valence electrons. The topological polar surface area (TPSA) is 35.6 Å². The molecule has 2 saturated heterocycles. The van der Waals surface area contributed by atoms with Crippen LogP contribution in [0, 0.1) is 5.92 Å². The highest BCUT2D eigenvalue weighted by molar-refractivity contribution is 5.82. The van der Waals surface area contributed by atoms with Crippen LogP contribution in [0.25, 0.3) is 0 Å². The fourth-order valence-electron chi connectivity index (χ4n) is 3.10. The number of rotatable bonds is 3. The van der Waals surface area contributed by atoms with Gasteiger partial charge in [-0.15, -0.1) is 0 Å². The zero-order valence-electron chi connectivity index (χ0n) is 12.0. The van der Waals surface area contributed by atoms with Crippen molar-refractivity contribution in [1.82, 2.24) is 15.1 Å². The Hall–Kier alpha value is -0.610. The molecule has 18 heavy (non-hydrogen) atoms. The summed E-state index contributed by atoms with van der Waals surface area (Å²) in [5, 5.41) is 3.22. The van der Waals surface area contributed by atoms with Gasteiger partial charge in [-0.3, -0.25) is 4.79 Å². The van der Waals surface area contributed by atoms with Crippen LogP contribution in [0.3, 0.4) is 0 Å². The highest BCUT2D eigenvalue weighted by atomic mass is 16.2. The van der Waals surface area contributed by atoms with Crippen LogP contribution in [0.4, 0.5) is 0 Å². The molecule has 0 aromatic carbocycles. The smallest absolute Gasteiger partial charge is 0.239 e. The minimum Gasteiger partial charge on any atom is -0.340 e. The van der Waals surface area contributed by atoms with E-state index in [2.05, 4.69) is 29.0 Å². The van der Waals surface area contributed by atoms with Gasteiger partial charge in [0, 0.05) is 32.2 Å². The number of carbonyl (C=O) groups is 1. The summed E-state index contributed by atoms with van der Waals surface area (Å²) in [6, 6.07) is 0.633. The van der Waals surface area contributed by atoms with Crippen LogP contribution in [0.2, 0.25) is 0 Å². The highest BCUT2D eigenvalue weighted by Gasteiger charge is 2.29. The van der Waals surface area contributed by atoms with Crippen LogP contribution in [0.15, 0.2) is 0 Å². The average molecular weight is 253 g/mol. The van der Waals surface area contributed by atoms with E-state index in [-0.39, 0.29) is 11.9 Å². The van der Waals surface area contributed by atoms with Crippen LogP contribution >= 0.6 is 0 Å². The van der Waals surface area contributed by atoms with Crippen molar-refractivity contribution in [3.8, 4) is 0 Å². The summed E-state index contributed by atoms with van der Waals surface area (Å²) in [6.45, 7) is 11.6. The molecule has 0 aromatic rings. The molecular weight excluding hydrogens is 226 g/mol. The Labute approximate surface area is 111 Å². The summed E-state index contributed by atoms with van der Waals surface area (Å²) in [5.41, 5.74) is 0. The number of piperidine rings is 1. The molecule has 0 aliphatic carbocycles. The number of piperazine rings is 1. The summed E-state index contributed by atoms with van der Waals surface area (Å²) < 4.78 is 0. The molecule has 1 amide bonds. The second-order valence-corrected chi connectivity index (χ2v) is 6.06. The Kier molecular flexibility index (Phi) is 4.62. The minimum atomic E-state index is 0.00328. The maximum absolute atomic E-state index is 12.1. The third kappa shape index (κ3) is 3.23. The normalized spacial score (nSPS) is 31.1. The van der Waals surface area contributed by atoms with Crippen molar-refractivity contribution in [2.45, 2.75) is 45.7 Å². The SMILES string of the molecule is CC1NCCN(CC2CCCN(C(C)C)C2)C1=O. The lowest BCUT2D eigenvalue weighted by molar-refractivity contribution is -0.136. The van der Waals surface area contributed by atoms with Gasteiger partial charge in [-0.1, -0.05) is 0 Å². The van der Waals surface area contributed by atoms with Crippen LogP contribution in [-0.2, 0) is 4.79 Å². The summed E-state index contributed by atoms with van der Waals surface area (Å²) in [6.07, 6.45) is 2.55. The van der Waals surface area contributed by atoms with E-state index in [0.717, 1.165) is 26.2 Å². The molecule has 4 nitrogen and oxygen atoms in total. The van der Waals surface area contributed by atoms with Crippen LogP contribution in [0.1, 0.15) is 33.6 Å². The Balaban J connectivity index is 1.86. The molecule has 2 rings (SSSR count). The predicted octanol–water partition coefficient (Wildman–Crippen LogP) is 0.927. The number of nitrogens with zero attached hydrogens (tertiary/aromatic N) is 2. The molecule has 2 aliphatic rings. The second kappa shape index (κ2) is 6.02. The van der Waals surface area contributed by atoms with Gasteiger partial charge in [0.1, 0.15) is 0 Å². The fourth-order valence-corrected chi connectivity index (χ4v) is 3.10. The molecule has 4 heteroatoms. The zero-order chi connectivity index (χ0) is 13.1. The summed E-state index contributed by atoms with van der Waals surface area (Å²) in [5.74, 6) is 0.943. The van der Waals surface area contributed by atoms with Gasteiger partial charge >= 0.3 is 0 Å². The van der Waals surface area contributed by atoms with Gasteiger partial charge in [0.15, 0.2) is 0 Å². The Morgan fingerprint density at radius 3 is 2.89 bits per heavy atom. The fraction of sp³-hybridized carbons (Fsp3) is 0.929. The molecule has 2 atom stereocenters. The average Bonchev–Trinajstić information content (AvgIpc) is 2.35. The maximum Gasteiger partial charge on any atom is 0.239 e. The van der Waals surface area contributed by atoms with E-state index in [0.29, 0.717) is 12.0 Å². The van der Waals surface area contributed by atoms with Crippen molar-refractivity contribution in [2.75, 3.05) is 32.7 Å². The Bertz CT molecular complexity index is 293. The van der Waals surface area contributed by atoms with Gasteiger partial charge in [-0.05, 0) is 46.1 Å². The lowest BCUT2D eigenvalue weighted by Crippen LogP contribution is -2.55. The summed E-state index contributed by atoms with van der Waals surface area (Å²) >= 11 is 0. The standard InChI is InChI=1S/C14H27N3O/c1-11(2)16-7-4-5-13(9-16)10-17-8-6-15-12(3)14(17)18/h11-13,15H,4-10H2,1-3H3. The van der Waals surface area contributed by atoms with E-state index in [1.807, 2.05) is 6.92 Å². The molecule has 2 aliphatic heterocycles. The van der Waals surface area contributed by atoms with Gasteiger partial charge in [0.2, 0.25) is 5.91 Å². The van der Waals surface area contributed by atoms with Crippen molar-refractivity contribution in [3.05, 3.63) is 0 Å². The maximum atomic E-state index is 12.1. The first kappa shape index (κ1) is 13.8. The highest BCUT2D eigenvalue weighted by Crippen LogP contribution is 2.20. The first-order valence-electron chi connectivity index (χ1n) is 7.34. The molecule has 0 aromatic heterocycles. The second-order valence-electron chi connectivity index (χ2n) is 6.06. The summed E-state index contributed by atoms with van der Waals surface area (Å²) in [7, 11) is 0. The van der Waals surface area contributed by atoms with Crippen LogP contribution < -0.4 is 5.32 Å². The molecule has 1 N–H and O–H groups in total. The molecule has 2 unspecified atom stereocenters. The van der Waals surface area contributed by atoms with Crippen molar-refractivity contribution in [2.24, 2.45) is 5.92 Å². The van der Waals surface area contributed by atoms with Gasteiger partial charge in [-0.25, -0.2) is 0 Å². The number of likely N-dealkylation sites (tertiary alicyclic amines) is 1. The molecular formula is C14H27N3O. The van der Waals surface area contributed by atoms with Crippen molar-refractivity contribution < 1.29 is 4.79 Å². The number of nitrogens with one attached hydrogen (secondary N) is 1. The van der Waals surface area contributed by atoms with Crippen LogP contribution in [0.5, 0.6) is 0 Å². The third-order valence-electron chi connectivity index (χ3n) is 4.27. The van der Waals surface area contributed by atoms with E-state index in [9.17, 15) is 4.79 Å². The minimum absolute atomic E-state index is 0.00328. The molecule has 0 bridgehead atoms. The van der Waals surface area contributed by atoms with Gasteiger partial charge in [-0.2, -0.15) is 0 Å².